The SMILES string of the molecule is CCC1CCCC1Nc1ccc(Br)c(F)c1. The van der Waals surface area contributed by atoms with Crippen molar-refractivity contribution in [2.75, 3.05) is 5.32 Å². The summed E-state index contributed by atoms with van der Waals surface area (Å²) in [5.74, 6) is 0.544. The summed E-state index contributed by atoms with van der Waals surface area (Å²) in [4.78, 5) is 0. The smallest absolute Gasteiger partial charge is 0.139 e. The minimum absolute atomic E-state index is 0.198. The Morgan fingerprint density at radius 3 is 2.94 bits per heavy atom. The first-order valence-electron chi connectivity index (χ1n) is 5.92. The van der Waals surface area contributed by atoms with E-state index in [1.54, 1.807) is 12.1 Å². The van der Waals surface area contributed by atoms with Crippen LogP contribution in [0.5, 0.6) is 0 Å². The van der Waals surface area contributed by atoms with Crippen molar-refractivity contribution >= 4 is 21.6 Å². The Kier molecular flexibility index (Phi) is 3.85. The molecule has 0 heterocycles. The lowest BCUT2D eigenvalue weighted by Crippen LogP contribution is -2.23. The molecule has 2 rings (SSSR count). The molecule has 1 fully saturated rings. The van der Waals surface area contributed by atoms with Crippen molar-refractivity contribution in [3.8, 4) is 0 Å². The fraction of sp³-hybridized carbons (Fsp3) is 0.538. The van der Waals surface area contributed by atoms with Gasteiger partial charge in [0.15, 0.2) is 0 Å². The van der Waals surface area contributed by atoms with Gasteiger partial charge < -0.3 is 5.32 Å². The van der Waals surface area contributed by atoms with Gasteiger partial charge in [0.05, 0.1) is 4.47 Å². The van der Waals surface area contributed by atoms with Crippen molar-refractivity contribution in [3.05, 3.63) is 28.5 Å². The molecule has 1 aliphatic carbocycles. The first-order chi connectivity index (χ1) is 7.70. The summed E-state index contributed by atoms with van der Waals surface area (Å²) >= 11 is 3.16. The van der Waals surface area contributed by atoms with Crippen LogP contribution in [0.3, 0.4) is 0 Å². The summed E-state index contributed by atoms with van der Waals surface area (Å²) in [6.45, 7) is 2.23. The van der Waals surface area contributed by atoms with Crippen LogP contribution < -0.4 is 5.32 Å². The third-order valence-electron chi connectivity index (χ3n) is 3.46. The zero-order chi connectivity index (χ0) is 11.5. The maximum Gasteiger partial charge on any atom is 0.139 e. The Labute approximate surface area is 105 Å². The number of hydrogen-bond acceptors (Lipinski definition) is 1. The van der Waals surface area contributed by atoms with E-state index < -0.39 is 0 Å². The van der Waals surface area contributed by atoms with Crippen LogP contribution in [0.25, 0.3) is 0 Å². The second-order valence-electron chi connectivity index (χ2n) is 4.48. The summed E-state index contributed by atoms with van der Waals surface area (Å²) in [5, 5.41) is 3.45. The Hall–Kier alpha value is -0.570. The normalized spacial score (nSPS) is 24.7. The molecule has 1 saturated carbocycles. The Morgan fingerprint density at radius 1 is 1.44 bits per heavy atom. The van der Waals surface area contributed by atoms with Crippen LogP contribution in [-0.4, -0.2) is 6.04 Å². The van der Waals surface area contributed by atoms with Crippen molar-refractivity contribution in [1.82, 2.24) is 0 Å². The molecule has 0 aliphatic heterocycles. The monoisotopic (exact) mass is 285 g/mol. The highest BCUT2D eigenvalue weighted by Gasteiger charge is 2.25. The lowest BCUT2D eigenvalue weighted by Gasteiger charge is -2.20. The van der Waals surface area contributed by atoms with E-state index in [1.807, 2.05) is 6.07 Å². The van der Waals surface area contributed by atoms with Crippen molar-refractivity contribution in [3.63, 3.8) is 0 Å². The van der Waals surface area contributed by atoms with Gasteiger partial charge in [-0.05, 0) is 52.9 Å². The molecular formula is C13H17BrFN. The maximum absolute atomic E-state index is 13.3. The molecule has 1 nitrogen and oxygen atoms in total. The minimum atomic E-state index is -0.198. The highest BCUT2D eigenvalue weighted by atomic mass is 79.9. The number of hydrogen-bond donors (Lipinski definition) is 1. The largest absolute Gasteiger partial charge is 0.382 e. The van der Waals surface area contributed by atoms with E-state index in [0.29, 0.717) is 10.5 Å². The van der Waals surface area contributed by atoms with Gasteiger partial charge in [-0.15, -0.1) is 0 Å². The van der Waals surface area contributed by atoms with E-state index in [2.05, 4.69) is 28.2 Å². The topological polar surface area (TPSA) is 12.0 Å². The van der Waals surface area contributed by atoms with Crippen molar-refractivity contribution in [1.29, 1.82) is 0 Å². The first-order valence-corrected chi connectivity index (χ1v) is 6.71. The van der Waals surface area contributed by atoms with E-state index in [-0.39, 0.29) is 5.82 Å². The van der Waals surface area contributed by atoms with Gasteiger partial charge in [-0.3, -0.25) is 0 Å². The van der Waals surface area contributed by atoms with Crippen LogP contribution in [0.4, 0.5) is 10.1 Å². The van der Waals surface area contributed by atoms with E-state index >= 15 is 0 Å². The van der Waals surface area contributed by atoms with Gasteiger partial charge >= 0.3 is 0 Å². The molecule has 2 unspecified atom stereocenters. The molecule has 16 heavy (non-hydrogen) atoms. The number of nitrogens with one attached hydrogen (secondary N) is 1. The molecule has 2 atom stereocenters. The van der Waals surface area contributed by atoms with Gasteiger partial charge in [0.2, 0.25) is 0 Å². The molecule has 0 bridgehead atoms. The standard InChI is InChI=1S/C13H17BrFN/c1-2-9-4-3-5-13(9)16-10-6-7-11(14)12(15)8-10/h6-9,13,16H,2-5H2,1H3. The fourth-order valence-corrected chi connectivity index (χ4v) is 2.76. The van der Waals surface area contributed by atoms with Crippen molar-refractivity contribution < 1.29 is 4.39 Å². The van der Waals surface area contributed by atoms with Gasteiger partial charge in [-0.25, -0.2) is 4.39 Å². The first kappa shape index (κ1) is 11.9. The molecule has 0 spiro atoms. The number of anilines is 1. The lowest BCUT2D eigenvalue weighted by molar-refractivity contribution is 0.489. The molecule has 3 heteroatoms. The van der Waals surface area contributed by atoms with E-state index in [1.165, 1.54) is 25.7 Å². The Morgan fingerprint density at radius 2 is 2.25 bits per heavy atom. The van der Waals surface area contributed by atoms with Crippen LogP contribution in [0.15, 0.2) is 22.7 Å². The molecule has 1 aliphatic rings. The summed E-state index contributed by atoms with van der Waals surface area (Å²) in [6, 6.07) is 5.77. The maximum atomic E-state index is 13.3. The quantitative estimate of drug-likeness (QED) is 0.857. The van der Waals surface area contributed by atoms with Crippen LogP contribution >= 0.6 is 15.9 Å². The van der Waals surface area contributed by atoms with Gasteiger partial charge in [0, 0.05) is 11.7 Å². The predicted molar refractivity (Wildman–Crippen MR) is 69.1 cm³/mol. The van der Waals surface area contributed by atoms with Gasteiger partial charge in [-0.1, -0.05) is 19.8 Å². The third kappa shape index (κ3) is 2.57. The molecule has 1 aromatic carbocycles. The zero-order valence-electron chi connectivity index (χ0n) is 9.47. The highest BCUT2D eigenvalue weighted by molar-refractivity contribution is 9.10. The van der Waals surface area contributed by atoms with Gasteiger partial charge in [-0.2, -0.15) is 0 Å². The molecule has 1 aromatic rings. The third-order valence-corrected chi connectivity index (χ3v) is 4.10. The van der Waals surface area contributed by atoms with Crippen LogP contribution in [0.2, 0.25) is 0 Å². The zero-order valence-corrected chi connectivity index (χ0v) is 11.1. The molecule has 0 saturated heterocycles. The van der Waals surface area contributed by atoms with Crippen LogP contribution in [0, 0.1) is 11.7 Å². The van der Waals surface area contributed by atoms with E-state index in [9.17, 15) is 4.39 Å². The van der Waals surface area contributed by atoms with Gasteiger partial charge in [0.25, 0.3) is 0 Å². The molecule has 0 aromatic heterocycles. The summed E-state index contributed by atoms with van der Waals surface area (Å²) < 4.78 is 13.9. The number of benzene rings is 1. The second-order valence-corrected chi connectivity index (χ2v) is 5.33. The summed E-state index contributed by atoms with van der Waals surface area (Å²) in [7, 11) is 0. The molecule has 88 valence electrons. The van der Waals surface area contributed by atoms with E-state index in [4.69, 9.17) is 0 Å². The molecule has 0 amide bonds. The second kappa shape index (κ2) is 5.17. The fourth-order valence-electron chi connectivity index (χ4n) is 2.52. The number of halogens is 2. The average molecular weight is 286 g/mol. The molecule has 0 radical (unpaired) electrons. The Balaban J connectivity index is 2.05. The van der Waals surface area contributed by atoms with Crippen LogP contribution in [-0.2, 0) is 0 Å². The average Bonchev–Trinajstić information content (AvgIpc) is 2.71. The Bertz CT molecular complexity index is 367. The van der Waals surface area contributed by atoms with E-state index in [0.717, 1.165) is 11.6 Å². The lowest BCUT2D eigenvalue weighted by atomic mass is 10.0. The van der Waals surface area contributed by atoms with Crippen molar-refractivity contribution in [2.24, 2.45) is 5.92 Å². The van der Waals surface area contributed by atoms with Gasteiger partial charge in [0.1, 0.15) is 5.82 Å². The summed E-state index contributed by atoms with van der Waals surface area (Å²) in [6.07, 6.45) is 5.00. The predicted octanol–water partition coefficient (Wildman–Crippen LogP) is 4.58. The van der Waals surface area contributed by atoms with Crippen molar-refractivity contribution in [2.45, 2.75) is 38.6 Å². The van der Waals surface area contributed by atoms with Crippen LogP contribution in [0.1, 0.15) is 32.6 Å². The molecule has 1 N–H and O–H groups in total. The highest BCUT2D eigenvalue weighted by Crippen LogP contribution is 2.31. The summed E-state index contributed by atoms with van der Waals surface area (Å²) in [5.41, 5.74) is 0.894. The molecular weight excluding hydrogens is 269 g/mol. The minimum Gasteiger partial charge on any atom is -0.382 e. The number of rotatable bonds is 3.